The number of nitriles is 1. The molecule has 6 N–H and O–H groups in total. The summed E-state index contributed by atoms with van der Waals surface area (Å²) >= 11 is 1.26. The Kier molecular flexibility index (Phi) is 6.61. The third-order valence-corrected chi connectivity index (χ3v) is 4.77. The lowest BCUT2D eigenvalue weighted by Crippen LogP contribution is -2.00. The Hall–Kier alpha value is -3.01. The van der Waals surface area contributed by atoms with Gasteiger partial charge in [0, 0.05) is 11.4 Å². The molecule has 2 aromatic carbocycles. The number of nitrogen functional groups attached to an aromatic ring is 2. The van der Waals surface area contributed by atoms with Gasteiger partial charge in [-0.2, -0.15) is 5.26 Å². The zero-order valence-electron chi connectivity index (χ0n) is 14.7. The Morgan fingerprint density at radius 2 is 1.77 bits per heavy atom. The van der Waals surface area contributed by atoms with E-state index in [1.807, 2.05) is 56.3 Å². The number of thiophene rings is 1. The minimum absolute atomic E-state index is 0.297. The van der Waals surface area contributed by atoms with Gasteiger partial charge in [-0.25, -0.2) is 0 Å². The zero-order chi connectivity index (χ0) is 19.1. The number of hydrogen-bond acceptors (Lipinski definition) is 6. The van der Waals surface area contributed by atoms with Gasteiger partial charge in [-0.1, -0.05) is 50.2 Å². The Labute approximate surface area is 157 Å². The lowest BCUT2D eigenvalue weighted by atomic mass is 10.1. The molecule has 0 amide bonds. The third-order valence-electron chi connectivity index (χ3n) is 3.59. The average molecular weight is 366 g/mol. The first-order chi connectivity index (χ1) is 12.6. The largest absolute Gasteiger partial charge is 0.399 e. The molecule has 0 spiro atoms. The van der Waals surface area contributed by atoms with Crippen LogP contribution in [0.2, 0.25) is 0 Å². The predicted octanol–water partition coefficient (Wildman–Crippen LogP) is 4.64. The van der Waals surface area contributed by atoms with E-state index in [9.17, 15) is 10.4 Å². The SMILES string of the molecule is CC.N#Cc1c(Nc2cccc(N)c2)sc(C(O)c2ccccc2)c1N. The molecule has 1 aromatic heterocycles. The molecule has 1 unspecified atom stereocenters. The van der Waals surface area contributed by atoms with Crippen molar-refractivity contribution in [2.24, 2.45) is 0 Å². The van der Waals surface area contributed by atoms with Gasteiger partial charge in [0.15, 0.2) is 0 Å². The van der Waals surface area contributed by atoms with E-state index in [2.05, 4.69) is 11.4 Å². The Morgan fingerprint density at radius 1 is 1.08 bits per heavy atom. The molecule has 0 aliphatic carbocycles. The second-order valence-electron chi connectivity index (χ2n) is 5.26. The van der Waals surface area contributed by atoms with Crippen molar-refractivity contribution in [2.45, 2.75) is 20.0 Å². The monoisotopic (exact) mass is 366 g/mol. The summed E-state index contributed by atoms with van der Waals surface area (Å²) in [6, 6.07) is 18.5. The molecule has 1 heterocycles. The molecule has 0 saturated carbocycles. The Balaban J connectivity index is 0.00000117. The molecule has 6 heteroatoms. The summed E-state index contributed by atoms with van der Waals surface area (Å²) in [6.07, 6.45) is -0.875. The van der Waals surface area contributed by atoms with Crippen LogP contribution in [0.3, 0.4) is 0 Å². The first-order valence-corrected chi connectivity index (χ1v) is 9.09. The van der Waals surface area contributed by atoms with Crippen molar-refractivity contribution in [1.29, 1.82) is 5.26 Å². The average Bonchev–Trinajstić information content (AvgIpc) is 2.98. The summed E-state index contributed by atoms with van der Waals surface area (Å²) in [5.74, 6) is 0. The van der Waals surface area contributed by atoms with Crippen LogP contribution in [0.5, 0.6) is 0 Å². The third kappa shape index (κ3) is 4.14. The first-order valence-electron chi connectivity index (χ1n) is 8.28. The standard InChI is InChI=1S/C18H16N4OS.C2H6/c19-10-14-15(21)17(16(23)11-5-2-1-3-6-11)24-18(14)22-13-8-4-7-12(20)9-13;1-2/h1-9,16,22-23H,20-21H2;1-2H3. The summed E-state index contributed by atoms with van der Waals surface area (Å²) in [5.41, 5.74) is 14.6. The van der Waals surface area contributed by atoms with Gasteiger partial charge < -0.3 is 21.9 Å². The van der Waals surface area contributed by atoms with Gasteiger partial charge in [-0.05, 0) is 23.8 Å². The molecule has 0 saturated heterocycles. The van der Waals surface area contributed by atoms with Gasteiger partial charge >= 0.3 is 0 Å². The molecule has 3 rings (SSSR count). The van der Waals surface area contributed by atoms with Crippen molar-refractivity contribution < 1.29 is 5.11 Å². The van der Waals surface area contributed by atoms with E-state index in [-0.39, 0.29) is 0 Å². The molecule has 0 fully saturated rings. The van der Waals surface area contributed by atoms with Crippen LogP contribution in [0.1, 0.15) is 36.0 Å². The maximum absolute atomic E-state index is 10.6. The van der Waals surface area contributed by atoms with Gasteiger partial charge in [-0.15, -0.1) is 11.3 Å². The second kappa shape index (κ2) is 8.90. The fourth-order valence-electron chi connectivity index (χ4n) is 2.40. The number of nitrogens with zero attached hydrogens (tertiary/aromatic N) is 1. The van der Waals surface area contributed by atoms with E-state index in [1.165, 1.54) is 11.3 Å². The van der Waals surface area contributed by atoms with E-state index in [4.69, 9.17) is 11.5 Å². The number of aliphatic hydroxyl groups excluding tert-OH is 1. The van der Waals surface area contributed by atoms with Crippen molar-refractivity contribution in [2.75, 3.05) is 16.8 Å². The number of benzene rings is 2. The number of hydrogen-bond donors (Lipinski definition) is 4. The van der Waals surface area contributed by atoms with Gasteiger partial charge in [0.05, 0.1) is 10.6 Å². The topological polar surface area (TPSA) is 108 Å². The first kappa shape index (κ1) is 19.3. The molecular formula is C20H22N4OS. The van der Waals surface area contributed by atoms with Gasteiger partial charge in [0.2, 0.25) is 0 Å². The normalized spacial score (nSPS) is 11.0. The highest BCUT2D eigenvalue weighted by Crippen LogP contribution is 2.42. The number of nitrogens with one attached hydrogen (secondary N) is 1. The van der Waals surface area contributed by atoms with Crippen molar-refractivity contribution in [1.82, 2.24) is 0 Å². The Bertz CT molecular complexity index is 900. The minimum Gasteiger partial charge on any atom is -0.399 e. The van der Waals surface area contributed by atoms with Gasteiger partial charge in [-0.3, -0.25) is 0 Å². The van der Waals surface area contributed by atoms with Crippen LogP contribution in [-0.4, -0.2) is 5.11 Å². The van der Waals surface area contributed by atoms with Crippen LogP contribution in [0.15, 0.2) is 54.6 Å². The van der Waals surface area contributed by atoms with Crippen LogP contribution < -0.4 is 16.8 Å². The van der Waals surface area contributed by atoms with E-state index < -0.39 is 6.10 Å². The van der Waals surface area contributed by atoms with E-state index in [1.54, 1.807) is 12.1 Å². The molecule has 0 aliphatic rings. The van der Waals surface area contributed by atoms with Gasteiger partial charge in [0.25, 0.3) is 0 Å². The summed E-state index contributed by atoms with van der Waals surface area (Å²) in [4.78, 5) is 0.546. The van der Waals surface area contributed by atoms with E-state index in [0.29, 0.717) is 26.8 Å². The van der Waals surface area contributed by atoms with Crippen LogP contribution in [0.25, 0.3) is 0 Å². The summed E-state index contributed by atoms with van der Waals surface area (Å²) < 4.78 is 0. The number of rotatable bonds is 4. The summed E-state index contributed by atoms with van der Waals surface area (Å²) in [6.45, 7) is 4.00. The molecule has 3 aromatic rings. The van der Waals surface area contributed by atoms with Crippen molar-refractivity contribution >= 4 is 33.4 Å². The molecule has 26 heavy (non-hydrogen) atoms. The van der Waals surface area contributed by atoms with Crippen molar-refractivity contribution in [3.05, 3.63) is 70.6 Å². The highest BCUT2D eigenvalue weighted by molar-refractivity contribution is 7.17. The fourth-order valence-corrected chi connectivity index (χ4v) is 3.50. The van der Waals surface area contributed by atoms with Crippen LogP contribution >= 0.6 is 11.3 Å². The van der Waals surface area contributed by atoms with E-state index >= 15 is 0 Å². The Morgan fingerprint density at radius 3 is 2.38 bits per heavy atom. The number of aliphatic hydroxyl groups is 1. The smallest absolute Gasteiger partial charge is 0.115 e. The molecular weight excluding hydrogens is 344 g/mol. The van der Waals surface area contributed by atoms with Crippen LogP contribution in [0, 0.1) is 11.3 Å². The summed E-state index contributed by atoms with van der Waals surface area (Å²) in [7, 11) is 0. The highest BCUT2D eigenvalue weighted by Gasteiger charge is 2.22. The fraction of sp³-hybridized carbons (Fsp3) is 0.150. The maximum Gasteiger partial charge on any atom is 0.115 e. The second-order valence-corrected chi connectivity index (χ2v) is 6.31. The minimum atomic E-state index is -0.875. The number of nitrogens with two attached hydrogens (primary N) is 2. The summed E-state index contributed by atoms with van der Waals surface area (Å²) in [5, 5.41) is 23.8. The lowest BCUT2D eigenvalue weighted by Gasteiger charge is -2.09. The molecule has 134 valence electrons. The quantitative estimate of drug-likeness (QED) is 0.503. The lowest BCUT2D eigenvalue weighted by molar-refractivity contribution is 0.225. The van der Waals surface area contributed by atoms with Crippen molar-refractivity contribution in [3.8, 4) is 6.07 Å². The number of anilines is 4. The van der Waals surface area contributed by atoms with E-state index in [0.717, 1.165) is 11.3 Å². The molecule has 1 atom stereocenters. The molecule has 0 bridgehead atoms. The van der Waals surface area contributed by atoms with Crippen LogP contribution in [-0.2, 0) is 0 Å². The van der Waals surface area contributed by atoms with Gasteiger partial charge in [0.1, 0.15) is 22.7 Å². The van der Waals surface area contributed by atoms with Crippen molar-refractivity contribution in [3.63, 3.8) is 0 Å². The zero-order valence-corrected chi connectivity index (χ0v) is 15.5. The predicted molar refractivity (Wildman–Crippen MR) is 109 cm³/mol. The molecule has 5 nitrogen and oxygen atoms in total. The molecule has 0 aliphatic heterocycles. The maximum atomic E-state index is 10.6. The highest BCUT2D eigenvalue weighted by atomic mass is 32.1. The molecule has 0 radical (unpaired) electrons. The van der Waals surface area contributed by atoms with Crippen LogP contribution in [0.4, 0.5) is 22.1 Å².